The van der Waals surface area contributed by atoms with Crippen LogP contribution in [0.4, 0.5) is 10.6 Å². The maximum atomic E-state index is 11.7. The van der Waals surface area contributed by atoms with Gasteiger partial charge in [0.15, 0.2) is 23.2 Å². The number of amides is 2. The average molecular weight is 352 g/mol. The van der Waals surface area contributed by atoms with E-state index in [1.165, 1.54) is 24.1 Å². The van der Waals surface area contributed by atoms with Gasteiger partial charge in [0.2, 0.25) is 0 Å². The molecule has 1 saturated heterocycles. The summed E-state index contributed by atoms with van der Waals surface area (Å²) in [6.07, 6.45) is -0.627. The molecule has 0 aliphatic carbocycles. The van der Waals surface area contributed by atoms with E-state index in [-0.39, 0.29) is 5.82 Å². The molecule has 0 bridgehead atoms. The van der Waals surface area contributed by atoms with Crippen molar-refractivity contribution in [2.45, 2.75) is 37.9 Å². The van der Waals surface area contributed by atoms with E-state index in [1.807, 2.05) is 0 Å². The summed E-state index contributed by atoms with van der Waals surface area (Å²) in [5.41, 5.74) is -1.06. The van der Waals surface area contributed by atoms with E-state index in [1.54, 1.807) is 6.92 Å². The Kier molecular flexibility index (Phi) is 4.56. The number of aliphatic hydroxyl groups excluding tert-OH is 2. The van der Waals surface area contributed by atoms with Crippen molar-refractivity contribution in [3.63, 3.8) is 0 Å². The second-order valence-electron chi connectivity index (χ2n) is 5.91. The molecule has 4 unspecified atom stereocenters. The van der Waals surface area contributed by atoms with Crippen LogP contribution in [0.3, 0.4) is 0 Å². The minimum atomic E-state index is -1.67. The Morgan fingerprint density at radius 3 is 2.84 bits per heavy atom. The third kappa shape index (κ3) is 2.91. The molecule has 0 radical (unpaired) electrons. The number of nitrogens with one attached hydrogen (secondary N) is 2. The summed E-state index contributed by atoms with van der Waals surface area (Å²) in [6, 6.07) is -0.433. The molecule has 25 heavy (non-hydrogen) atoms. The standard InChI is InChI=1S/C14H20N6O5/c1-3-15-13(23)19-10-8-11(17-5-16-10)20(6-18-8)12-14(2,24)9(22)7(4-21)25-12/h5-7,9,12,21-22,24H,3-4H2,1-2H3,(H2,15,16,17,19,23). The third-order valence-corrected chi connectivity index (χ3v) is 4.12. The van der Waals surface area contributed by atoms with Crippen LogP contribution < -0.4 is 10.6 Å². The van der Waals surface area contributed by atoms with Gasteiger partial charge in [-0.1, -0.05) is 0 Å². The van der Waals surface area contributed by atoms with Crippen LogP contribution in [0.2, 0.25) is 0 Å². The quantitative estimate of drug-likeness (QED) is 0.468. The van der Waals surface area contributed by atoms with Gasteiger partial charge in [-0.25, -0.2) is 19.7 Å². The van der Waals surface area contributed by atoms with Gasteiger partial charge in [0, 0.05) is 6.54 Å². The molecule has 0 saturated carbocycles. The SMILES string of the molecule is CCNC(=O)Nc1ncnc2c1ncn2C1OC(CO)C(O)C1(C)O. The molecular weight excluding hydrogens is 332 g/mol. The van der Waals surface area contributed by atoms with Gasteiger partial charge in [-0.3, -0.25) is 9.88 Å². The van der Waals surface area contributed by atoms with Crippen LogP contribution in [-0.4, -0.2) is 71.8 Å². The first-order valence-corrected chi connectivity index (χ1v) is 7.79. The largest absolute Gasteiger partial charge is 0.394 e. The zero-order chi connectivity index (χ0) is 18.2. The summed E-state index contributed by atoms with van der Waals surface area (Å²) >= 11 is 0. The van der Waals surface area contributed by atoms with Crippen molar-refractivity contribution >= 4 is 23.0 Å². The van der Waals surface area contributed by atoms with Crippen molar-refractivity contribution in [3.05, 3.63) is 12.7 Å². The summed E-state index contributed by atoms with van der Waals surface area (Å²) in [4.78, 5) is 24.0. The molecular formula is C14H20N6O5. The van der Waals surface area contributed by atoms with E-state index >= 15 is 0 Å². The number of rotatable bonds is 4. The highest BCUT2D eigenvalue weighted by Gasteiger charge is 2.53. The number of fused-ring (bicyclic) bond motifs is 1. The monoisotopic (exact) mass is 352 g/mol. The predicted molar refractivity (Wildman–Crippen MR) is 85.6 cm³/mol. The number of hydrogen-bond donors (Lipinski definition) is 5. The Hall–Kier alpha value is -2.34. The highest BCUT2D eigenvalue weighted by atomic mass is 16.6. The number of nitrogens with zero attached hydrogens (tertiary/aromatic N) is 4. The maximum Gasteiger partial charge on any atom is 0.320 e. The van der Waals surface area contributed by atoms with Crippen LogP contribution in [0.25, 0.3) is 11.2 Å². The van der Waals surface area contributed by atoms with Crippen molar-refractivity contribution < 1.29 is 24.9 Å². The van der Waals surface area contributed by atoms with Crippen molar-refractivity contribution in [2.75, 3.05) is 18.5 Å². The fourth-order valence-corrected chi connectivity index (χ4v) is 2.82. The van der Waals surface area contributed by atoms with Crippen LogP contribution >= 0.6 is 0 Å². The first-order valence-electron chi connectivity index (χ1n) is 7.79. The highest BCUT2D eigenvalue weighted by Crippen LogP contribution is 2.39. The van der Waals surface area contributed by atoms with E-state index < -0.39 is 36.7 Å². The molecule has 3 rings (SSSR count). The Morgan fingerprint density at radius 2 is 2.20 bits per heavy atom. The fraction of sp³-hybridized carbons (Fsp3) is 0.571. The fourth-order valence-electron chi connectivity index (χ4n) is 2.82. The lowest BCUT2D eigenvalue weighted by molar-refractivity contribution is -0.0950. The van der Waals surface area contributed by atoms with Gasteiger partial charge in [0.1, 0.15) is 24.1 Å². The van der Waals surface area contributed by atoms with Crippen molar-refractivity contribution in [2.24, 2.45) is 0 Å². The molecule has 2 aromatic heterocycles. The van der Waals surface area contributed by atoms with Gasteiger partial charge in [-0.05, 0) is 13.8 Å². The van der Waals surface area contributed by atoms with Gasteiger partial charge < -0.3 is 25.4 Å². The molecule has 2 amide bonds. The molecule has 0 aromatic carbocycles. The Morgan fingerprint density at radius 1 is 1.44 bits per heavy atom. The molecule has 5 N–H and O–H groups in total. The first kappa shape index (κ1) is 17.5. The minimum absolute atomic E-state index is 0.201. The van der Waals surface area contributed by atoms with Crippen LogP contribution in [0.5, 0.6) is 0 Å². The van der Waals surface area contributed by atoms with Crippen molar-refractivity contribution in [1.29, 1.82) is 0 Å². The summed E-state index contributed by atoms with van der Waals surface area (Å²) in [5, 5.41) is 35.1. The molecule has 11 heteroatoms. The number of urea groups is 1. The van der Waals surface area contributed by atoms with Gasteiger partial charge in [-0.15, -0.1) is 0 Å². The minimum Gasteiger partial charge on any atom is -0.394 e. The smallest absolute Gasteiger partial charge is 0.320 e. The molecule has 1 fully saturated rings. The number of hydrogen-bond acceptors (Lipinski definition) is 8. The molecule has 3 heterocycles. The van der Waals surface area contributed by atoms with Gasteiger partial charge in [0.25, 0.3) is 0 Å². The number of aliphatic hydroxyl groups is 3. The van der Waals surface area contributed by atoms with Gasteiger partial charge in [-0.2, -0.15) is 0 Å². The average Bonchev–Trinajstić information content (AvgIpc) is 3.08. The van der Waals surface area contributed by atoms with Crippen LogP contribution in [0.15, 0.2) is 12.7 Å². The third-order valence-electron chi connectivity index (χ3n) is 4.12. The normalized spacial score (nSPS) is 29.1. The number of carbonyl (C=O) groups is 1. The number of aromatic nitrogens is 4. The van der Waals surface area contributed by atoms with Crippen LogP contribution in [0.1, 0.15) is 20.1 Å². The zero-order valence-electron chi connectivity index (χ0n) is 13.7. The topological polar surface area (TPSA) is 155 Å². The summed E-state index contributed by atoms with van der Waals surface area (Å²) in [7, 11) is 0. The Bertz CT molecular complexity index is 778. The van der Waals surface area contributed by atoms with E-state index in [2.05, 4.69) is 25.6 Å². The number of anilines is 1. The molecule has 11 nitrogen and oxygen atoms in total. The molecule has 136 valence electrons. The molecule has 1 aliphatic rings. The second-order valence-corrected chi connectivity index (χ2v) is 5.91. The van der Waals surface area contributed by atoms with Crippen molar-refractivity contribution in [3.8, 4) is 0 Å². The predicted octanol–water partition coefficient (Wildman–Crippen LogP) is -1.03. The Balaban J connectivity index is 1.98. The second kappa shape index (κ2) is 6.52. The van der Waals surface area contributed by atoms with Crippen LogP contribution in [-0.2, 0) is 4.74 Å². The summed E-state index contributed by atoms with van der Waals surface area (Å²) in [6.45, 7) is 3.19. The summed E-state index contributed by atoms with van der Waals surface area (Å²) in [5.74, 6) is 0.201. The van der Waals surface area contributed by atoms with Crippen molar-refractivity contribution in [1.82, 2.24) is 24.8 Å². The first-order chi connectivity index (χ1) is 11.9. The molecule has 1 aliphatic heterocycles. The van der Waals surface area contributed by atoms with Gasteiger partial charge in [0.05, 0.1) is 12.9 Å². The number of imidazole rings is 1. The van der Waals surface area contributed by atoms with E-state index in [9.17, 15) is 20.1 Å². The van der Waals surface area contributed by atoms with E-state index in [4.69, 9.17) is 4.74 Å². The molecule has 0 spiro atoms. The Labute approximate surface area is 142 Å². The number of carbonyl (C=O) groups excluding carboxylic acids is 1. The van der Waals surface area contributed by atoms with E-state index in [0.717, 1.165) is 0 Å². The van der Waals surface area contributed by atoms with Gasteiger partial charge >= 0.3 is 6.03 Å². The number of ether oxygens (including phenoxy) is 1. The maximum absolute atomic E-state index is 11.7. The van der Waals surface area contributed by atoms with E-state index in [0.29, 0.717) is 17.7 Å². The van der Waals surface area contributed by atoms with Crippen LogP contribution in [0, 0.1) is 0 Å². The lowest BCUT2D eigenvalue weighted by Crippen LogP contribution is -2.44. The lowest BCUT2D eigenvalue weighted by Gasteiger charge is -2.27. The zero-order valence-corrected chi connectivity index (χ0v) is 13.7. The summed E-state index contributed by atoms with van der Waals surface area (Å²) < 4.78 is 6.99. The highest BCUT2D eigenvalue weighted by molar-refractivity contribution is 5.95. The molecule has 2 aromatic rings. The molecule has 4 atom stereocenters. The lowest BCUT2D eigenvalue weighted by atomic mass is 9.96.